The second kappa shape index (κ2) is 5.20. The zero-order chi connectivity index (χ0) is 10.6. The summed E-state index contributed by atoms with van der Waals surface area (Å²) in [5.74, 6) is 0.276. The first-order valence-electron chi connectivity index (χ1n) is 5.30. The van der Waals surface area contributed by atoms with Crippen LogP contribution in [0.4, 0.5) is 4.79 Å². The summed E-state index contributed by atoms with van der Waals surface area (Å²) in [5.41, 5.74) is 0. The first-order chi connectivity index (χ1) is 6.69. The van der Waals surface area contributed by atoms with Crippen LogP contribution in [0.3, 0.4) is 0 Å². The number of piperidine rings is 1. The average molecular weight is 200 g/mol. The van der Waals surface area contributed by atoms with Gasteiger partial charge in [-0.15, -0.1) is 0 Å². The fourth-order valence-corrected chi connectivity index (χ4v) is 1.76. The molecule has 1 N–H and O–H groups in total. The SMILES string of the molecule is CCN(C)C(=O)N1CCCC(CO)C1. The molecule has 2 amide bonds. The van der Waals surface area contributed by atoms with E-state index in [-0.39, 0.29) is 18.6 Å². The van der Waals surface area contributed by atoms with Gasteiger partial charge >= 0.3 is 6.03 Å². The van der Waals surface area contributed by atoms with Crippen molar-refractivity contribution in [3.63, 3.8) is 0 Å². The van der Waals surface area contributed by atoms with Crippen molar-refractivity contribution in [2.75, 3.05) is 33.3 Å². The lowest BCUT2D eigenvalue weighted by atomic mass is 9.99. The molecule has 82 valence electrons. The summed E-state index contributed by atoms with van der Waals surface area (Å²) in [7, 11) is 1.81. The number of nitrogens with zero attached hydrogens (tertiary/aromatic N) is 2. The summed E-state index contributed by atoms with van der Waals surface area (Å²) in [6, 6.07) is 0.0886. The summed E-state index contributed by atoms with van der Waals surface area (Å²) in [5, 5.41) is 9.03. The smallest absolute Gasteiger partial charge is 0.319 e. The van der Waals surface area contributed by atoms with Crippen LogP contribution < -0.4 is 0 Å². The van der Waals surface area contributed by atoms with Gasteiger partial charge in [-0.2, -0.15) is 0 Å². The van der Waals surface area contributed by atoms with Crippen LogP contribution >= 0.6 is 0 Å². The van der Waals surface area contributed by atoms with Crippen molar-refractivity contribution in [1.82, 2.24) is 9.80 Å². The molecule has 0 aromatic heterocycles. The van der Waals surface area contributed by atoms with Gasteiger partial charge in [0.2, 0.25) is 0 Å². The number of carbonyl (C=O) groups excluding carboxylic acids is 1. The van der Waals surface area contributed by atoms with Crippen molar-refractivity contribution in [2.24, 2.45) is 5.92 Å². The van der Waals surface area contributed by atoms with Crippen LogP contribution in [0.15, 0.2) is 0 Å². The summed E-state index contributed by atoms with van der Waals surface area (Å²) >= 11 is 0. The molecule has 1 atom stereocenters. The molecular formula is C10H20N2O2. The van der Waals surface area contributed by atoms with Gasteiger partial charge in [-0.3, -0.25) is 0 Å². The van der Waals surface area contributed by atoms with Gasteiger partial charge in [-0.25, -0.2) is 4.79 Å². The van der Waals surface area contributed by atoms with E-state index < -0.39 is 0 Å². The molecule has 1 fully saturated rings. The van der Waals surface area contributed by atoms with Crippen LogP contribution in [0.2, 0.25) is 0 Å². The minimum absolute atomic E-state index is 0.0886. The number of rotatable bonds is 2. The molecule has 0 radical (unpaired) electrons. The minimum Gasteiger partial charge on any atom is -0.396 e. The Kier molecular flexibility index (Phi) is 4.20. The van der Waals surface area contributed by atoms with Gasteiger partial charge in [-0.1, -0.05) is 0 Å². The van der Waals surface area contributed by atoms with Gasteiger partial charge < -0.3 is 14.9 Å². The van der Waals surface area contributed by atoms with Crippen LogP contribution in [0.1, 0.15) is 19.8 Å². The van der Waals surface area contributed by atoms with E-state index in [0.29, 0.717) is 6.54 Å². The van der Waals surface area contributed by atoms with E-state index in [1.165, 1.54) is 0 Å². The van der Waals surface area contributed by atoms with Crippen molar-refractivity contribution in [2.45, 2.75) is 19.8 Å². The fourth-order valence-electron chi connectivity index (χ4n) is 1.76. The largest absolute Gasteiger partial charge is 0.396 e. The van der Waals surface area contributed by atoms with Crippen molar-refractivity contribution in [1.29, 1.82) is 0 Å². The normalized spacial score (nSPS) is 22.2. The lowest BCUT2D eigenvalue weighted by Gasteiger charge is -2.34. The summed E-state index contributed by atoms with van der Waals surface area (Å²) < 4.78 is 0. The van der Waals surface area contributed by atoms with Crippen LogP contribution in [0.5, 0.6) is 0 Å². The van der Waals surface area contributed by atoms with Gasteiger partial charge in [0.15, 0.2) is 0 Å². The predicted octanol–water partition coefficient (Wildman–Crippen LogP) is 0.762. The zero-order valence-electron chi connectivity index (χ0n) is 9.07. The molecule has 0 spiro atoms. The highest BCUT2D eigenvalue weighted by atomic mass is 16.3. The highest BCUT2D eigenvalue weighted by Gasteiger charge is 2.24. The molecular weight excluding hydrogens is 180 g/mol. The van der Waals surface area contributed by atoms with Gasteiger partial charge in [0.05, 0.1) is 0 Å². The number of aliphatic hydroxyl groups is 1. The molecule has 1 saturated heterocycles. The Bertz CT molecular complexity index is 197. The van der Waals surface area contributed by atoms with Crippen LogP contribution in [0.25, 0.3) is 0 Å². The van der Waals surface area contributed by atoms with Crippen molar-refractivity contribution in [3.05, 3.63) is 0 Å². The first-order valence-corrected chi connectivity index (χ1v) is 5.30. The maximum absolute atomic E-state index is 11.8. The van der Waals surface area contributed by atoms with Crippen LogP contribution in [0, 0.1) is 5.92 Å². The quantitative estimate of drug-likeness (QED) is 0.715. The summed E-state index contributed by atoms with van der Waals surface area (Å²) in [6.45, 7) is 4.43. The molecule has 1 rings (SSSR count). The Balaban J connectivity index is 2.47. The molecule has 0 saturated carbocycles. The van der Waals surface area contributed by atoms with Gasteiger partial charge in [0.1, 0.15) is 0 Å². The third-order valence-corrected chi connectivity index (χ3v) is 2.85. The molecule has 1 aliphatic heterocycles. The zero-order valence-corrected chi connectivity index (χ0v) is 9.07. The lowest BCUT2D eigenvalue weighted by molar-refractivity contribution is 0.113. The molecule has 0 aromatic carbocycles. The predicted molar refractivity (Wildman–Crippen MR) is 55.1 cm³/mol. The monoisotopic (exact) mass is 200 g/mol. The molecule has 1 heterocycles. The van der Waals surface area contributed by atoms with Gasteiger partial charge in [0, 0.05) is 33.3 Å². The van der Waals surface area contributed by atoms with Crippen LogP contribution in [-0.4, -0.2) is 54.2 Å². The highest BCUT2D eigenvalue weighted by molar-refractivity contribution is 5.74. The maximum Gasteiger partial charge on any atom is 0.319 e. The van der Waals surface area contributed by atoms with Crippen molar-refractivity contribution in [3.8, 4) is 0 Å². The van der Waals surface area contributed by atoms with E-state index in [2.05, 4.69) is 0 Å². The third kappa shape index (κ3) is 2.61. The van der Waals surface area contributed by atoms with Gasteiger partial charge in [-0.05, 0) is 25.7 Å². The van der Waals surface area contributed by atoms with Crippen molar-refractivity contribution >= 4 is 6.03 Å². The number of carbonyl (C=O) groups is 1. The van der Waals surface area contributed by atoms with E-state index in [0.717, 1.165) is 25.9 Å². The Morgan fingerprint density at radius 2 is 2.36 bits per heavy atom. The second-order valence-corrected chi connectivity index (χ2v) is 3.93. The number of aliphatic hydroxyl groups excluding tert-OH is 1. The Morgan fingerprint density at radius 3 is 2.93 bits per heavy atom. The van der Waals surface area contributed by atoms with E-state index in [1.807, 2.05) is 18.9 Å². The standard InChI is InChI=1S/C10H20N2O2/c1-3-11(2)10(14)12-6-4-5-9(7-12)8-13/h9,13H,3-8H2,1-2H3. The first kappa shape index (κ1) is 11.3. The molecule has 14 heavy (non-hydrogen) atoms. The highest BCUT2D eigenvalue weighted by Crippen LogP contribution is 2.16. The van der Waals surface area contributed by atoms with Crippen molar-refractivity contribution < 1.29 is 9.90 Å². The topological polar surface area (TPSA) is 43.8 Å². The fraction of sp³-hybridized carbons (Fsp3) is 0.900. The lowest BCUT2D eigenvalue weighted by Crippen LogP contribution is -2.46. The van der Waals surface area contributed by atoms with Gasteiger partial charge in [0.25, 0.3) is 0 Å². The maximum atomic E-state index is 11.8. The molecule has 1 aliphatic rings. The van der Waals surface area contributed by atoms with Crippen LogP contribution in [-0.2, 0) is 0 Å². The van der Waals surface area contributed by atoms with E-state index in [9.17, 15) is 4.79 Å². The number of hydrogen-bond donors (Lipinski definition) is 1. The number of amides is 2. The average Bonchev–Trinajstić information content (AvgIpc) is 2.27. The molecule has 0 aromatic rings. The molecule has 4 heteroatoms. The number of urea groups is 1. The molecule has 1 unspecified atom stereocenters. The van der Waals surface area contributed by atoms with E-state index in [4.69, 9.17) is 5.11 Å². The third-order valence-electron chi connectivity index (χ3n) is 2.85. The Labute approximate surface area is 85.5 Å². The summed E-state index contributed by atoms with van der Waals surface area (Å²) in [4.78, 5) is 15.3. The Morgan fingerprint density at radius 1 is 1.64 bits per heavy atom. The molecule has 4 nitrogen and oxygen atoms in total. The molecule has 0 bridgehead atoms. The number of hydrogen-bond acceptors (Lipinski definition) is 2. The van der Waals surface area contributed by atoms with E-state index in [1.54, 1.807) is 4.90 Å². The number of likely N-dealkylation sites (tertiary alicyclic amines) is 1. The molecule has 0 aliphatic carbocycles. The second-order valence-electron chi connectivity index (χ2n) is 3.93. The van der Waals surface area contributed by atoms with E-state index >= 15 is 0 Å². The summed E-state index contributed by atoms with van der Waals surface area (Å²) in [6.07, 6.45) is 2.05. The Hall–Kier alpha value is -0.770. The minimum atomic E-state index is 0.0886.